The monoisotopic (exact) mass is 617 g/mol. The Morgan fingerprint density at radius 3 is 2.75 bits per heavy atom. The average Bonchev–Trinajstić information content (AvgIpc) is 3.30. The smallest absolute Gasteiger partial charge is 0.427 e. The Hall–Kier alpha value is -3.35. The molecule has 0 bridgehead atoms. The normalized spacial score (nSPS) is 19.4. The molecule has 12 nitrogen and oxygen atoms in total. The zero-order valence-corrected chi connectivity index (χ0v) is 22.8. The van der Waals surface area contributed by atoms with Crippen molar-refractivity contribution in [2.24, 2.45) is 10.9 Å². The maximum atomic E-state index is 13.4. The van der Waals surface area contributed by atoms with E-state index in [2.05, 4.69) is 20.4 Å². The van der Waals surface area contributed by atoms with E-state index in [4.69, 9.17) is 11.5 Å². The third kappa shape index (κ3) is 5.89. The van der Waals surface area contributed by atoms with Crippen LogP contribution in [0.4, 0.5) is 18.3 Å². The number of pyridine rings is 1. The largest absolute Gasteiger partial charge is 0.477 e. The molecule has 214 valence electrons. The number of aliphatic carboxylic acids is 1. The number of carboxylic acids is 1. The number of nitrogen functional groups attached to an aromatic ring is 1. The minimum atomic E-state index is -4.93. The number of rotatable bonds is 10. The number of thioether (sulfide) groups is 2. The lowest BCUT2D eigenvalue weighted by Crippen LogP contribution is -2.72. The van der Waals surface area contributed by atoms with Crippen LogP contribution in [-0.2, 0) is 26.3 Å². The number of halogens is 3. The van der Waals surface area contributed by atoms with Gasteiger partial charge in [0, 0.05) is 34.0 Å². The summed E-state index contributed by atoms with van der Waals surface area (Å²) in [6, 6.07) is 1.48. The predicted molar refractivity (Wildman–Crippen MR) is 142 cm³/mol. The average molecular weight is 618 g/mol. The first-order chi connectivity index (χ1) is 19.0. The molecule has 0 saturated carbocycles. The van der Waals surface area contributed by atoms with Crippen molar-refractivity contribution in [1.29, 1.82) is 0 Å². The van der Waals surface area contributed by atoms with Crippen molar-refractivity contribution in [3.63, 3.8) is 0 Å². The number of oxime groups is 1. The highest BCUT2D eigenvalue weighted by Crippen LogP contribution is 2.44. The van der Waals surface area contributed by atoms with E-state index in [-0.39, 0.29) is 29.9 Å². The molecule has 0 spiro atoms. The molecule has 2 unspecified atom stereocenters. The first-order valence-electron chi connectivity index (χ1n) is 11.5. The number of amides is 2. The van der Waals surface area contributed by atoms with Crippen LogP contribution in [0, 0.1) is 0 Å². The van der Waals surface area contributed by atoms with Crippen molar-refractivity contribution in [2.75, 3.05) is 18.0 Å². The summed E-state index contributed by atoms with van der Waals surface area (Å²) in [6.45, 7) is 0.497. The molecule has 7 N–H and O–H groups in total. The molecule has 4 heterocycles. The number of fused-ring (bicyclic) bond motifs is 1. The number of carboxylic acid groups (broad SMARTS) is 1. The molecule has 2 aromatic heterocycles. The van der Waals surface area contributed by atoms with E-state index in [1.54, 1.807) is 30.1 Å². The van der Waals surface area contributed by atoms with Gasteiger partial charge in [-0.25, -0.2) is 9.78 Å². The number of thiazole rings is 1. The van der Waals surface area contributed by atoms with Crippen LogP contribution >= 0.6 is 34.9 Å². The standard InChI is InChI=1S/C22H22F3N7O5S3/c23-22(24,25)17-14(30-21(27)40-17)15(31-37)18(33)29-13-10-3-4-12(16(20(35)36)32(10)19(13)34)39-11-2-1-6-28-9(11)8-38-7-5-26/h1-2,6,10,13,37H,3-5,7-8,26H2,(H2,27,30)(H,29,33)(H,35,36)/b31-15-. The zero-order valence-electron chi connectivity index (χ0n) is 20.3. The Bertz CT molecular complexity index is 1400. The summed E-state index contributed by atoms with van der Waals surface area (Å²) in [5.41, 5.74) is 9.35. The van der Waals surface area contributed by atoms with Gasteiger partial charge in [0.05, 0.1) is 11.7 Å². The van der Waals surface area contributed by atoms with Crippen LogP contribution in [0.15, 0.2) is 39.0 Å². The highest BCUT2D eigenvalue weighted by molar-refractivity contribution is 8.03. The van der Waals surface area contributed by atoms with Gasteiger partial charge < -0.3 is 27.1 Å². The van der Waals surface area contributed by atoms with Gasteiger partial charge in [0.2, 0.25) is 0 Å². The van der Waals surface area contributed by atoms with Gasteiger partial charge in [-0.15, -0.1) is 0 Å². The first-order valence-corrected chi connectivity index (χ1v) is 14.3. The molecule has 2 amide bonds. The Labute approximate surface area is 237 Å². The number of anilines is 1. The van der Waals surface area contributed by atoms with E-state index >= 15 is 0 Å². The maximum absolute atomic E-state index is 13.4. The number of carbonyl (C=O) groups is 3. The summed E-state index contributed by atoms with van der Waals surface area (Å²) in [7, 11) is 0. The summed E-state index contributed by atoms with van der Waals surface area (Å²) in [5, 5.41) is 23.7. The van der Waals surface area contributed by atoms with Gasteiger partial charge in [-0.1, -0.05) is 28.3 Å². The van der Waals surface area contributed by atoms with Crippen LogP contribution in [-0.4, -0.2) is 73.1 Å². The molecular weight excluding hydrogens is 595 g/mol. The summed E-state index contributed by atoms with van der Waals surface area (Å²) >= 11 is 2.82. The SMILES string of the molecule is NCCSCc1ncccc1SC1=C(C(=O)O)N2C(=O)C(NC(=O)/C(=N\O)c3nc(N)sc3C(F)(F)F)C2CC1. The molecule has 1 fully saturated rings. The highest BCUT2D eigenvalue weighted by atomic mass is 32.2. The molecule has 1 saturated heterocycles. The fraction of sp³-hybridized carbons (Fsp3) is 0.364. The van der Waals surface area contributed by atoms with Crippen molar-refractivity contribution in [2.45, 2.75) is 41.7 Å². The van der Waals surface area contributed by atoms with Crippen molar-refractivity contribution >= 4 is 63.5 Å². The van der Waals surface area contributed by atoms with Crippen molar-refractivity contribution in [3.05, 3.63) is 45.2 Å². The van der Waals surface area contributed by atoms with Gasteiger partial charge in [-0.2, -0.15) is 24.9 Å². The number of hydrogen-bond acceptors (Lipinski definition) is 12. The van der Waals surface area contributed by atoms with Gasteiger partial charge in [0.15, 0.2) is 10.8 Å². The Balaban J connectivity index is 1.54. The molecule has 0 aromatic carbocycles. The summed E-state index contributed by atoms with van der Waals surface area (Å²) in [4.78, 5) is 46.7. The summed E-state index contributed by atoms with van der Waals surface area (Å²) in [6.07, 6.45) is -2.80. The molecule has 0 aliphatic carbocycles. The second kappa shape index (κ2) is 12.0. The second-order valence-corrected chi connectivity index (χ2v) is 11.7. The summed E-state index contributed by atoms with van der Waals surface area (Å²) < 4.78 is 40.1. The quantitative estimate of drug-likeness (QED) is 0.0860. The Morgan fingerprint density at radius 2 is 2.10 bits per heavy atom. The van der Waals surface area contributed by atoms with Crippen LogP contribution in [0.2, 0.25) is 0 Å². The number of nitrogens with zero attached hydrogens (tertiary/aromatic N) is 4. The van der Waals surface area contributed by atoms with Crippen LogP contribution in [0.5, 0.6) is 0 Å². The molecule has 0 radical (unpaired) electrons. The van der Waals surface area contributed by atoms with Crippen LogP contribution < -0.4 is 16.8 Å². The fourth-order valence-electron chi connectivity index (χ4n) is 4.24. The number of allylic oxidation sites excluding steroid dienone is 1. The Morgan fingerprint density at radius 1 is 1.35 bits per heavy atom. The number of nitrogens with two attached hydrogens (primary N) is 2. The lowest BCUT2D eigenvalue weighted by atomic mass is 9.86. The highest BCUT2D eigenvalue weighted by Gasteiger charge is 2.54. The van der Waals surface area contributed by atoms with Crippen molar-refractivity contribution < 1.29 is 37.9 Å². The Kier molecular flexibility index (Phi) is 8.91. The number of carbonyl (C=O) groups excluding carboxylic acids is 2. The molecule has 18 heteroatoms. The molecule has 4 rings (SSSR count). The fourth-order valence-corrected chi connectivity index (χ4v) is 6.92. The van der Waals surface area contributed by atoms with Gasteiger partial charge in [0.25, 0.3) is 11.8 Å². The van der Waals surface area contributed by atoms with Crippen LogP contribution in [0.1, 0.15) is 29.1 Å². The van der Waals surface area contributed by atoms with Crippen LogP contribution in [0.3, 0.4) is 0 Å². The maximum Gasteiger partial charge on any atom is 0.427 e. The topological polar surface area (TPSA) is 197 Å². The van der Waals surface area contributed by atoms with Gasteiger partial charge in [-0.3, -0.25) is 19.5 Å². The van der Waals surface area contributed by atoms with Crippen LogP contribution in [0.25, 0.3) is 0 Å². The van der Waals surface area contributed by atoms with Crippen molar-refractivity contribution in [3.8, 4) is 0 Å². The van der Waals surface area contributed by atoms with Gasteiger partial charge >= 0.3 is 12.1 Å². The molecule has 2 aliphatic heterocycles. The van der Waals surface area contributed by atoms with E-state index < -0.39 is 57.5 Å². The van der Waals surface area contributed by atoms with E-state index in [1.807, 2.05) is 0 Å². The van der Waals surface area contributed by atoms with Crippen molar-refractivity contribution in [1.82, 2.24) is 20.2 Å². The zero-order chi connectivity index (χ0) is 29.2. The van der Waals surface area contributed by atoms with E-state index in [0.717, 1.165) is 21.2 Å². The predicted octanol–water partition coefficient (Wildman–Crippen LogP) is 2.09. The lowest BCUT2D eigenvalue weighted by molar-refractivity contribution is -0.155. The molecule has 2 aromatic rings. The minimum Gasteiger partial charge on any atom is -0.477 e. The molecule has 40 heavy (non-hydrogen) atoms. The number of hydrogen-bond donors (Lipinski definition) is 5. The second-order valence-electron chi connectivity index (χ2n) is 8.41. The molecule has 2 aliphatic rings. The molecule has 2 atom stereocenters. The van der Waals surface area contributed by atoms with E-state index in [0.29, 0.717) is 17.2 Å². The van der Waals surface area contributed by atoms with E-state index in [9.17, 15) is 37.9 Å². The lowest BCUT2D eigenvalue weighted by Gasteiger charge is -2.50. The third-order valence-corrected chi connectivity index (χ3v) is 9.07. The van der Waals surface area contributed by atoms with Gasteiger partial charge in [-0.05, 0) is 25.0 Å². The number of β-lactam (4-membered cyclic amide) rings is 1. The molecular formula is C22H22F3N7O5S3. The number of aromatic nitrogens is 2. The minimum absolute atomic E-state index is 0.0599. The van der Waals surface area contributed by atoms with E-state index in [1.165, 1.54) is 11.8 Å². The third-order valence-electron chi connectivity index (χ3n) is 5.90. The number of nitrogens with one attached hydrogen (secondary N) is 1. The number of alkyl halides is 3. The van der Waals surface area contributed by atoms with Gasteiger partial charge in [0.1, 0.15) is 22.3 Å². The summed E-state index contributed by atoms with van der Waals surface area (Å²) in [5.74, 6) is -2.14. The first kappa shape index (κ1) is 29.6.